The molecule has 11 nitrogen and oxygen atoms in total. The highest BCUT2D eigenvalue weighted by Crippen LogP contribution is 2.70. The molecule has 238 valence electrons. The Morgan fingerprint density at radius 3 is 2.60 bits per heavy atom. The van der Waals surface area contributed by atoms with Crippen LogP contribution in [-0.4, -0.2) is 89.8 Å². The van der Waals surface area contributed by atoms with Crippen molar-refractivity contribution in [2.45, 2.75) is 127 Å². The van der Waals surface area contributed by atoms with Crippen molar-refractivity contribution in [2.24, 2.45) is 28.6 Å². The van der Waals surface area contributed by atoms with Crippen LogP contribution < -0.4 is 0 Å². The van der Waals surface area contributed by atoms with E-state index in [1.807, 2.05) is 13.8 Å². The molecular formula is C32H44O11. The fourth-order valence-corrected chi connectivity index (χ4v) is 10.7. The van der Waals surface area contributed by atoms with Gasteiger partial charge in [0.15, 0.2) is 6.29 Å². The number of rotatable bonds is 5. The van der Waals surface area contributed by atoms with Gasteiger partial charge in [-0.05, 0) is 62.9 Å². The second-order valence-electron chi connectivity index (χ2n) is 14.5. The lowest BCUT2D eigenvalue weighted by Gasteiger charge is -2.65. The fourth-order valence-electron chi connectivity index (χ4n) is 10.7. The Morgan fingerprint density at radius 2 is 1.88 bits per heavy atom. The highest BCUT2D eigenvalue weighted by molar-refractivity contribution is 5.85. The van der Waals surface area contributed by atoms with Gasteiger partial charge in [0.05, 0.1) is 34.9 Å². The molecule has 2 N–H and O–H groups in total. The molecule has 13 unspecified atom stereocenters. The third-order valence-electron chi connectivity index (χ3n) is 12.5. The molecule has 3 aliphatic heterocycles. The lowest BCUT2D eigenvalue weighted by Crippen LogP contribution is -2.69. The summed E-state index contributed by atoms with van der Waals surface area (Å²) in [6, 6.07) is 0. The zero-order valence-corrected chi connectivity index (χ0v) is 25.2. The Bertz CT molecular complexity index is 1200. The van der Waals surface area contributed by atoms with Gasteiger partial charge in [0, 0.05) is 43.6 Å². The van der Waals surface area contributed by atoms with Crippen molar-refractivity contribution in [3.05, 3.63) is 11.6 Å². The van der Waals surface area contributed by atoms with E-state index in [4.69, 9.17) is 28.4 Å². The molecule has 7 rings (SSSR count). The zero-order valence-electron chi connectivity index (χ0n) is 25.2. The summed E-state index contributed by atoms with van der Waals surface area (Å²) >= 11 is 0. The van der Waals surface area contributed by atoms with Gasteiger partial charge in [-0.25, -0.2) is 4.79 Å². The maximum atomic E-state index is 13.2. The first-order chi connectivity index (χ1) is 20.4. The average Bonchev–Trinajstić information content (AvgIpc) is 3.63. The van der Waals surface area contributed by atoms with Crippen LogP contribution in [0.5, 0.6) is 0 Å². The lowest BCUT2D eigenvalue weighted by atomic mass is 9.41. The molecule has 2 saturated heterocycles. The molecule has 13 atom stereocenters. The molecule has 4 aliphatic carbocycles. The van der Waals surface area contributed by atoms with Crippen molar-refractivity contribution in [1.29, 1.82) is 0 Å². The van der Waals surface area contributed by atoms with Crippen LogP contribution in [0.15, 0.2) is 11.6 Å². The number of fused-ring (bicyclic) bond motifs is 6. The number of ether oxygens (including phenoxy) is 6. The number of hydrogen-bond donors (Lipinski definition) is 2. The van der Waals surface area contributed by atoms with Crippen molar-refractivity contribution in [3.63, 3.8) is 0 Å². The number of aliphatic hydroxyl groups is 2. The van der Waals surface area contributed by atoms with Crippen LogP contribution in [0.1, 0.15) is 78.6 Å². The molecular weight excluding hydrogens is 560 g/mol. The van der Waals surface area contributed by atoms with Crippen LogP contribution in [0.3, 0.4) is 0 Å². The van der Waals surface area contributed by atoms with Gasteiger partial charge in [0.2, 0.25) is 0 Å². The summed E-state index contributed by atoms with van der Waals surface area (Å²) in [4.78, 5) is 37.4. The van der Waals surface area contributed by atoms with E-state index in [9.17, 15) is 24.6 Å². The van der Waals surface area contributed by atoms with Crippen LogP contribution in [0, 0.1) is 28.6 Å². The molecule has 4 saturated carbocycles. The number of esters is 2. The van der Waals surface area contributed by atoms with Gasteiger partial charge in [0.1, 0.15) is 31.9 Å². The molecule has 0 spiro atoms. The van der Waals surface area contributed by atoms with Crippen LogP contribution in [0.2, 0.25) is 0 Å². The maximum absolute atomic E-state index is 13.2. The minimum absolute atomic E-state index is 0.0443. The summed E-state index contributed by atoms with van der Waals surface area (Å²) in [6.07, 6.45) is 4.72. The third kappa shape index (κ3) is 4.32. The van der Waals surface area contributed by atoms with Crippen molar-refractivity contribution < 1.29 is 53.0 Å². The highest BCUT2D eigenvalue weighted by Gasteiger charge is 2.74. The monoisotopic (exact) mass is 604 g/mol. The molecule has 6 fully saturated rings. The highest BCUT2D eigenvalue weighted by atomic mass is 16.8. The molecule has 0 bridgehead atoms. The summed E-state index contributed by atoms with van der Waals surface area (Å²) in [5.74, 6) is -1.79. The van der Waals surface area contributed by atoms with Crippen molar-refractivity contribution in [3.8, 4) is 0 Å². The smallest absolute Gasteiger partial charge is 0.331 e. The van der Waals surface area contributed by atoms with E-state index in [1.54, 1.807) is 0 Å². The summed E-state index contributed by atoms with van der Waals surface area (Å²) < 4.78 is 35.1. The van der Waals surface area contributed by atoms with Gasteiger partial charge in [-0.15, -0.1) is 0 Å². The minimum atomic E-state index is -1.29. The van der Waals surface area contributed by atoms with Crippen LogP contribution >= 0.6 is 0 Å². The molecule has 43 heavy (non-hydrogen) atoms. The molecule has 3 heterocycles. The van der Waals surface area contributed by atoms with E-state index in [0.717, 1.165) is 18.3 Å². The Kier molecular flexibility index (Phi) is 7.15. The SMILES string of the molecule is CC(=O)OC1CC2(O)C3CCC4(O)CC(OC5OC(C)CC6OCOC65)CCC4(C=O)C3CCC2(C)C1C1=CC(=O)OC1. The summed E-state index contributed by atoms with van der Waals surface area (Å²) in [7, 11) is 0. The second-order valence-corrected chi connectivity index (χ2v) is 14.5. The predicted molar refractivity (Wildman–Crippen MR) is 147 cm³/mol. The van der Waals surface area contributed by atoms with E-state index in [2.05, 4.69) is 0 Å². The van der Waals surface area contributed by atoms with Crippen molar-refractivity contribution >= 4 is 18.2 Å². The molecule has 7 aliphatic rings. The maximum Gasteiger partial charge on any atom is 0.331 e. The third-order valence-corrected chi connectivity index (χ3v) is 12.5. The van der Waals surface area contributed by atoms with Gasteiger partial charge < -0.3 is 43.4 Å². The molecule has 0 aromatic heterocycles. The van der Waals surface area contributed by atoms with E-state index in [0.29, 0.717) is 44.9 Å². The van der Waals surface area contributed by atoms with Gasteiger partial charge >= 0.3 is 11.9 Å². The Hall–Kier alpha value is -1.89. The number of cyclic esters (lactones) is 1. The number of aldehydes is 1. The van der Waals surface area contributed by atoms with E-state index < -0.39 is 46.4 Å². The topological polar surface area (TPSA) is 147 Å². The first-order valence-electron chi connectivity index (χ1n) is 15.9. The summed E-state index contributed by atoms with van der Waals surface area (Å²) in [5.41, 5.74) is -3.57. The molecule has 11 heteroatoms. The summed E-state index contributed by atoms with van der Waals surface area (Å²) in [5, 5.41) is 25.0. The molecule has 0 aromatic carbocycles. The van der Waals surface area contributed by atoms with Crippen LogP contribution in [0.4, 0.5) is 0 Å². The lowest BCUT2D eigenvalue weighted by molar-refractivity contribution is -0.287. The van der Waals surface area contributed by atoms with Gasteiger partial charge in [0.25, 0.3) is 0 Å². The minimum Gasteiger partial charge on any atom is -0.462 e. The van der Waals surface area contributed by atoms with Crippen LogP contribution in [-0.2, 0) is 42.8 Å². The standard InChI is InChI=1S/C32H44O11/c1-17-10-23-27(40-16-39-23)28(41-17)43-20-4-8-30(15-33)21-5-7-29(3)26(19-11-25(35)38-14-19)24(42-18(2)34)13-32(29,37)22(21)6-9-31(30,36)12-20/h11,15,17,20-24,26-28,36-37H,4-10,12-14,16H2,1-3H3. The molecule has 0 aromatic rings. The Labute approximate surface area is 251 Å². The van der Waals surface area contributed by atoms with Crippen LogP contribution in [0.25, 0.3) is 0 Å². The quantitative estimate of drug-likeness (QED) is 0.271. The van der Waals surface area contributed by atoms with E-state index in [1.165, 1.54) is 13.0 Å². The van der Waals surface area contributed by atoms with Gasteiger partial charge in [-0.1, -0.05) is 6.92 Å². The van der Waals surface area contributed by atoms with E-state index in [-0.39, 0.29) is 62.0 Å². The Morgan fingerprint density at radius 1 is 1.09 bits per heavy atom. The molecule has 0 amide bonds. The molecule has 0 radical (unpaired) electrons. The van der Waals surface area contributed by atoms with Gasteiger partial charge in [-0.2, -0.15) is 0 Å². The fraction of sp³-hybridized carbons (Fsp3) is 0.844. The average molecular weight is 605 g/mol. The predicted octanol–water partition coefficient (Wildman–Crippen LogP) is 2.34. The summed E-state index contributed by atoms with van der Waals surface area (Å²) in [6.45, 7) is 5.68. The van der Waals surface area contributed by atoms with Gasteiger partial charge in [-0.3, -0.25) is 4.79 Å². The second kappa shape index (κ2) is 10.3. The largest absolute Gasteiger partial charge is 0.462 e. The van der Waals surface area contributed by atoms with E-state index >= 15 is 0 Å². The van der Waals surface area contributed by atoms with Crippen molar-refractivity contribution in [2.75, 3.05) is 13.4 Å². The first-order valence-corrected chi connectivity index (χ1v) is 15.9. The normalized spacial score (nSPS) is 52.3. The van der Waals surface area contributed by atoms with Crippen molar-refractivity contribution in [1.82, 2.24) is 0 Å². The Balaban J connectivity index is 1.15. The zero-order chi connectivity index (χ0) is 30.4. The number of hydrogen-bond acceptors (Lipinski definition) is 11. The first kappa shape index (κ1) is 29.8. The number of carbonyl (C=O) groups is 3. The number of carbonyl (C=O) groups excluding carboxylic acids is 3.